The van der Waals surface area contributed by atoms with Crippen molar-refractivity contribution in [1.82, 2.24) is 0 Å². The van der Waals surface area contributed by atoms with Gasteiger partial charge >= 0.3 is 116 Å². The van der Waals surface area contributed by atoms with Crippen molar-refractivity contribution in [2.24, 2.45) is 0 Å². The third-order valence-corrected chi connectivity index (χ3v) is 7.52. The van der Waals surface area contributed by atoms with Crippen molar-refractivity contribution in [2.45, 2.75) is 59.3 Å². The fourth-order valence-corrected chi connectivity index (χ4v) is 5.34. The van der Waals surface area contributed by atoms with E-state index < -0.39 is 14.3 Å². The van der Waals surface area contributed by atoms with Crippen LogP contribution in [0.25, 0.3) is 0 Å². The van der Waals surface area contributed by atoms with Crippen LogP contribution < -0.4 is 0 Å². The van der Waals surface area contributed by atoms with Gasteiger partial charge in [-0.25, -0.2) is 0 Å². The van der Waals surface area contributed by atoms with E-state index in [0.29, 0.717) is 0 Å². The molecule has 0 N–H and O–H groups in total. The Morgan fingerprint density at radius 2 is 1.11 bits per heavy atom. The van der Waals surface area contributed by atoms with Gasteiger partial charge in [0.05, 0.1) is 0 Å². The predicted molar refractivity (Wildman–Crippen MR) is 78.5 cm³/mol. The Bertz CT molecular complexity index is 171. The Labute approximate surface area is 116 Å². The SMILES string of the molecule is C=[CH][Ge]([O]CCCC)([O]CCCC)[O]CCCC. The molecule has 0 rings (SSSR count). The molecular formula is C14H30GeO3. The van der Waals surface area contributed by atoms with Crippen molar-refractivity contribution >= 4 is 14.3 Å². The van der Waals surface area contributed by atoms with E-state index >= 15 is 0 Å². The standard InChI is InChI=1S/C14H30GeO3/c1-5-9-12-16-15(8-4,17-13-10-6-2)18-14-11-7-3/h8H,4-7,9-14H2,1-3H3. The summed E-state index contributed by atoms with van der Waals surface area (Å²) in [5.74, 6) is 0. The van der Waals surface area contributed by atoms with Crippen molar-refractivity contribution in [2.75, 3.05) is 19.8 Å². The zero-order chi connectivity index (χ0) is 13.7. The molecule has 18 heavy (non-hydrogen) atoms. The van der Waals surface area contributed by atoms with Gasteiger partial charge in [0.2, 0.25) is 0 Å². The van der Waals surface area contributed by atoms with Crippen molar-refractivity contribution in [3.05, 3.63) is 11.5 Å². The minimum absolute atomic E-state index is 0.723. The molecule has 4 heteroatoms. The van der Waals surface area contributed by atoms with Gasteiger partial charge in [0, 0.05) is 0 Å². The molecule has 0 saturated carbocycles. The monoisotopic (exact) mass is 320 g/mol. The van der Waals surface area contributed by atoms with Crippen molar-refractivity contribution in [3.63, 3.8) is 0 Å². The summed E-state index contributed by atoms with van der Waals surface area (Å²) in [4.78, 5) is 1.82. The number of hydrogen-bond acceptors (Lipinski definition) is 3. The Morgan fingerprint density at radius 1 is 0.778 bits per heavy atom. The van der Waals surface area contributed by atoms with Crippen LogP contribution >= 0.6 is 0 Å². The molecule has 0 radical (unpaired) electrons. The Hall–Kier alpha value is 0.163. The van der Waals surface area contributed by atoms with E-state index in [-0.39, 0.29) is 0 Å². The molecule has 0 heterocycles. The zero-order valence-electron chi connectivity index (χ0n) is 12.4. The van der Waals surface area contributed by atoms with E-state index in [1.54, 1.807) is 0 Å². The molecule has 0 atom stereocenters. The van der Waals surface area contributed by atoms with Crippen LogP contribution in [0.5, 0.6) is 0 Å². The van der Waals surface area contributed by atoms with Gasteiger partial charge in [0.1, 0.15) is 0 Å². The van der Waals surface area contributed by atoms with Crippen LogP contribution in [0.1, 0.15) is 59.3 Å². The molecule has 0 aliphatic carbocycles. The topological polar surface area (TPSA) is 27.7 Å². The summed E-state index contributed by atoms with van der Waals surface area (Å²) in [7, 11) is 0. The van der Waals surface area contributed by atoms with Crippen molar-refractivity contribution < 1.29 is 11.3 Å². The van der Waals surface area contributed by atoms with Crippen LogP contribution in [0.3, 0.4) is 0 Å². The maximum absolute atomic E-state index is 5.94. The van der Waals surface area contributed by atoms with Gasteiger partial charge in [-0.15, -0.1) is 0 Å². The fourth-order valence-electron chi connectivity index (χ4n) is 1.38. The molecule has 0 aliphatic rings. The summed E-state index contributed by atoms with van der Waals surface area (Å²) in [6, 6.07) is 0. The third kappa shape index (κ3) is 8.30. The normalized spacial score (nSPS) is 11.7. The number of hydrogen-bond donors (Lipinski definition) is 0. The summed E-state index contributed by atoms with van der Waals surface area (Å²) >= 11 is -3.17. The van der Waals surface area contributed by atoms with E-state index in [2.05, 4.69) is 27.4 Å². The Morgan fingerprint density at radius 3 is 1.33 bits per heavy atom. The first-order valence-corrected chi connectivity index (χ1v) is 11.1. The van der Waals surface area contributed by atoms with E-state index in [1.807, 2.05) is 4.91 Å². The van der Waals surface area contributed by atoms with Crippen LogP contribution in [-0.2, 0) is 11.3 Å². The first-order chi connectivity index (χ1) is 8.74. The summed E-state index contributed by atoms with van der Waals surface area (Å²) in [5, 5.41) is 0. The molecule has 0 aromatic carbocycles. The quantitative estimate of drug-likeness (QED) is 0.378. The van der Waals surface area contributed by atoms with E-state index in [1.165, 1.54) is 0 Å². The van der Waals surface area contributed by atoms with Gasteiger partial charge in [0.25, 0.3) is 0 Å². The summed E-state index contributed by atoms with van der Waals surface area (Å²) in [6.07, 6.45) is 6.53. The molecule has 0 aliphatic heterocycles. The molecule has 0 fully saturated rings. The first-order valence-electron chi connectivity index (χ1n) is 7.30. The summed E-state index contributed by atoms with van der Waals surface area (Å²) in [5.41, 5.74) is 0. The third-order valence-electron chi connectivity index (χ3n) is 2.65. The molecule has 0 amide bonds. The minimum atomic E-state index is -3.17. The second kappa shape index (κ2) is 12.2. The van der Waals surface area contributed by atoms with Crippen LogP contribution in [0.2, 0.25) is 0 Å². The van der Waals surface area contributed by atoms with E-state index in [4.69, 9.17) is 11.3 Å². The second-order valence-corrected chi connectivity index (χ2v) is 9.62. The summed E-state index contributed by atoms with van der Waals surface area (Å²) < 4.78 is 17.8. The van der Waals surface area contributed by atoms with Crippen LogP contribution in [-0.4, -0.2) is 34.1 Å². The predicted octanol–water partition coefficient (Wildman–Crippen LogP) is 4.10. The van der Waals surface area contributed by atoms with Gasteiger partial charge in [-0.3, -0.25) is 0 Å². The van der Waals surface area contributed by atoms with Crippen LogP contribution in [0, 0.1) is 0 Å². The molecule has 0 spiro atoms. The molecule has 3 nitrogen and oxygen atoms in total. The average Bonchev–Trinajstić information content (AvgIpc) is 2.39. The molecule has 0 aromatic heterocycles. The summed E-state index contributed by atoms with van der Waals surface area (Å²) in [6.45, 7) is 12.5. The van der Waals surface area contributed by atoms with Gasteiger partial charge in [0.15, 0.2) is 0 Å². The fraction of sp³-hybridized carbons (Fsp3) is 0.857. The van der Waals surface area contributed by atoms with Crippen LogP contribution in [0.15, 0.2) is 11.5 Å². The molecular weight excluding hydrogens is 289 g/mol. The maximum atomic E-state index is 5.94. The van der Waals surface area contributed by atoms with Crippen molar-refractivity contribution in [1.29, 1.82) is 0 Å². The Balaban J connectivity index is 4.25. The molecule has 0 bridgehead atoms. The van der Waals surface area contributed by atoms with Gasteiger partial charge in [-0.2, -0.15) is 0 Å². The van der Waals surface area contributed by atoms with Gasteiger partial charge < -0.3 is 0 Å². The second-order valence-electron chi connectivity index (χ2n) is 4.41. The number of rotatable bonds is 13. The van der Waals surface area contributed by atoms with Crippen molar-refractivity contribution in [3.8, 4) is 0 Å². The molecule has 0 aromatic rings. The van der Waals surface area contributed by atoms with Gasteiger partial charge in [-0.05, 0) is 0 Å². The first kappa shape index (κ1) is 18.2. The molecule has 0 saturated heterocycles. The zero-order valence-corrected chi connectivity index (χ0v) is 14.5. The van der Waals surface area contributed by atoms with Crippen LogP contribution in [0.4, 0.5) is 0 Å². The Kier molecular flexibility index (Phi) is 12.3. The molecule has 0 unspecified atom stereocenters. The van der Waals surface area contributed by atoms with E-state index in [0.717, 1.165) is 58.3 Å². The van der Waals surface area contributed by atoms with Gasteiger partial charge in [-0.1, -0.05) is 0 Å². The number of unbranched alkanes of at least 4 members (excludes halogenated alkanes) is 3. The molecule has 108 valence electrons. The average molecular weight is 319 g/mol. The van der Waals surface area contributed by atoms with E-state index in [9.17, 15) is 0 Å².